The highest BCUT2D eigenvalue weighted by Gasteiger charge is 2.39. The maximum atomic E-state index is 13.0. The summed E-state index contributed by atoms with van der Waals surface area (Å²) in [6.45, 7) is 12.0. The molecular weight excluding hydrogens is 380 g/mol. The fraction of sp³-hybridized carbons (Fsp3) is 0.478. The standard InChI is InChI=1S/C23H26N4O3/c1-15(2)26-12-13-27-18(25-21(29)20(28)19(27)22(26)30)14-23(10-4-5-11-23)16-6-8-17(24-3)9-7-16/h6-9,15,28H,4-5,10-14H2,1-2H3. The molecule has 2 aliphatic rings. The van der Waals surface area contributed by atoms with Crippen LogP contribution in [0.5, 0.6) is 5.75 Å². The summed E-state index contributed by atoms with van der Waals surface area (Å²) < 4.78 is 1.74. The van der Waals surface area contributed by atoms with Crippen molar-refractivity contribution in [2.75, 3.05) is 6.54 Å². The van der Waals surface area contributed by atoms with Crippen LogP contribution in [0.25, 0.3) is 4.85 Å². The molecule has 0 spiro atoms. The number of benzene rings is 1. The van der Waals surface area contributed by atoms with E-state index < -0.39 is 11.3 Å². The molecule has 30 heavy (non-hydrogen) atoms. The summed E-state index contributed by atoms with van der Waals surface area (Å²) >= 11 is 0. The van der Waals surface area contributed by atoms with E-state index >= 15 is 0 Å². The van der Waals surface area contributed by atoms with Crippen molar-refractivity contribution in [1.82, 2.24) is 14.5 Å². The van der Waals surface area contributed by atoms with Gasteiger partial charge in [-0.15, -0.1) is 0 Å². The second kappa shape index (κ2) is 7.60. The summed E-state index contributed by atoms with van der Waals surface area (Å²) in [7, 11) is 0. The number of hydrogen-bond donors (Lipinski definition) is 1. The minimum absolute atomic E-state index is 0.0143. The van der Waals surface area contributed by atoms with Crippen molar-refractivity contribution in [2.24, 2.45) is 0 Å². The lowest BCUT2D eigenvalue weighted by atomic mass is 9.75. The molecular formula is C23H26N4O3. The van der Waals surface area contributed by atoms with Crippen molar-refractivity contribution in [3.8, 4) is 5.75 Å². The van der Waals surface area contributed by atoms with Gasteiger partial charge in [0.2, 0.25) is 5.75 Å². The van der Waals surface area contributed by atoms with Crippen LogP contribution in [0.15, 0.2) is 29.1 Å². The van der Waals surface area contributed by atoms with Crippen LogP contribution in [0.1, 0.15) is 61.4 Å². The second-order valence-electron chi connectivity index (χ2n) is 8.60. The lowest BCUT2D eigenvalue weighted by Gasteiger charge is -2.36. The Morgan fingerprint density at radius 3 is 2.43 bits per heavy atom. The van der Waals surface area contributed by atoms with Gasteiger partial charge in [0.25, 0.3) is 5.91 Å². The van der Waals surface area contributed by atoms with Crippen molar-refractivity contribution in [2.45, 2.75) is 64.0 Å². The van der Waals surface area contributed by atoms with Crippen molar-refractivity contribution in [1.29, 1.82) is 0 Å². The normalized spacial score (nSPS) is 17.8. The van der Waals surface area contributed by atoms with E-state index in [4.69, 9.17) is 6.57 Å². The Hall–Kier alpha value is -3.14. The molecule has 2 aromatic rings. The fourth-order valence-corrected chi connectivity index (χ4v) is 4.93. The molecule has 4 rings (SSSR count). The minimum atomic E-state index is -0.744. The Kier molecular flexibility index (Phi) is 5.10. The van der Waals surface area contributed by atoms with Gasteiger partial charge in [-0.1, -0.05) is 37.1 Å². The van der Waals surface area contributed by atoms with Gasteiger partial charge < -0.3 is 14.6 Å². The van der Waals surface area contributed by atoms with Crippen LogP contribution in [-0.2, 0) is 18.4 Å². The van der Waals surface area contributed by atoms with Crippen molar-refractivity contribution in [3.05, 3.63) is 63.1 Å². The van der Waals surface area contributed by atoms with Crippen LogP contribution in [-0.4, -0.2) is 38.1 Å². The van der Waals surface area contributed by atoms with E-state index in [1.54, 1.807) is 9.47 Å². The molecule has 0 atom stereocenters. The highest BCUT2D eigenvalue weighted by Crippen LogP contribution is 2.44. The first-order valence-corrected chi connectivity index (χ1v) is 10.5. The zero-order valence-corrected chi connectivity index (χ0v) is 17.4. The van der Waals surface area contributed by atoms with Crippen LogP contribution < -0.4 is 5.56 Å². The van der Waals surface area contributed by atoms with Gasteiger partial charge in [-0.05, 0) is 32.3 Å². The lowest BCUT2D eigenvalue weighted by molar-refractivity contribution is 0.0636. The SMILES string of the molecule is [C-]#[N+]c1ccc(C2(Cc3nc(=O)c(O)c4n3CCN(C(C)C)C4=O)CCCC2)cc1. The highest BCUT2D eigenvalue weighted by molar-refractivity contribution is 5.95. The van der Waals surface area contributed by atoms with E-state index in [2.05, 4.69) is 9.83 Å². The third kappa shape index (κ3) is 3.26. The van der Waals surface area contributed by atoms with E-state index in [1.165, 1.54) is 0 Å². The predicted molar refractivity (Wildman–Crippen MR) is 113 cm³/mol. The molecule has 1 aromatic carbocycles. The number of aromatic nitrogens is 2. The number of hydrogen-bond acceptors (Lipinski definition) is 4. The van der Waals surface area contributed by atoms with E-state index in [-0.39, 0.29) is 23.1 Å². The number of rotatable bonds is 4. The smallest absolute Gasteiger partial charge is 0.315 e. The minimum Gasteiger partial charge on any atom is -0.501 e. The van der Waals surface area contributed by atoms with Crippen molar-refractivity contribution >= 4 is 11.6 Å². The van der Waals surface area contributed by atoms with Gasteiger partial charge in [0.15, 0.2) is 11.4 Å². The zero-order valence-electron chi connectivity index (χ0n) is 17.4. The number of carbonyl (C=O) groups excluding carboxylic acids is 1. The molecule has 1 saturated carbocycles. The first-order chi connectivity index (χ1) is 14.4. The Bertz CT molecular complexity index is 1070. The summed E-state index contributed by atoms with van der Waals surface area (Å²) in [6, 6.07) is 7.65. The largest absolute Gasteiger partial charge is 0.501 e. The molecule has 7 nitrogen and oxygen atoms in total. The van der Waals surface area contributed by atoms with E-state index in [0.29, 0.717) is 31.0 Å². The van der Waals surface area contributed by atoms with Gasteiger partial charge >= 0.3 is 5.56 Å². The summed E-state index contributed by atoms with van der Waals surface area (Å²) in [5.74, 6) is -0.326. The van der Waals surface area contributed by atoms with E-state index in [9.17, 15) is 14.7 Å². The van der Waals surface area contributed by atoms with Crippen LogP contribution in [0.4, 0.5) is 5.69 Å². The molecule has 1 aliphatic heterocycles. The average molecular weight is 406 g/mol. The van der Waals surface area contributed by atoms with Crippen LogP contribution in [0.2, 0.25) is 0 Å². The molecule has 0 bridgehead atoms. The van der Waals surface area contributed by atoms with E-state index in [1.807, 2.05) is 38.1 Å². The van der Waals surface area contributed by atoms with Crippen LogP contribution in [0, 0.1) is 6.57 Å². The topological polar surface area (TPSA) is 79.8 Å². The molecule has 0 radical (unpaired) electrons. The van der Waals surface area contributed by atoms with Crippen LogP contribution in [0.3, 0.4) is 0 Å². The van der Waals surface area contributed by atoms with E-state index in [0.717, 1.165) is 31.2 Å². The molecule has 7 heteroatoms. The second-order valence-corrected chi connectivity index (χ2v) is 8.60. The first kappa shape index (κ1) is 20.1. The molecule has 2 heterocycles. The third-order valence-corrected chi connectivity index (χ3v) is 6.56. The third-order valence-electron chi connectivity index (χ3n) is 6.56. The molecule has 156 valence electrons. The molecule has 1 aliphatic carbocycles. The van der Waals surface area contributed by atoms with Gasteiger partial charge in [0, 0.05) is 31.0 Å². The fourth-order valence-electron chi connectivity index (χ4n) is 4.93. The van der Waals surface area contributed by atoms with Gasteiger partial charge in [0.1, 0.15) is 5.82 Å². The average Bonchev–Trinajstić information content (AvgIpc) is 3.21. The highest BCUT2D eigenvalue weighted by atomic mass is 16.3. The number of carbonyl (C=O) groups is 1. The van der Waals surface area contributed by atoms with Gasteiger partial charge in [-0.2, -0.15) is 4.98 Å². The van der Waals surface area contributed by atoms with Crippen molar-refractivity contribution in [3.63, 3.8) is 0 Å². The molecule has 0 saturated heterocycles. The quantitative estimate of drug-likeness (QED) is 0.789. The summed E-state index contributed by atoms with van der Waals surface area (Å²) in [6.07, 6.45) is 4.62. The Balaban J connectivity index is 1.79. The maximum absolute atomic E-state index is 13.0. The number of aromatic hydroxyl groups is 1. The zero-order chi connectivity index (χ0) is 21.5. The monoisotopic (exact) mass is 406 g/mol. The lowest BCUT2D eigenvalue weighted by Crippen LogP contribution is -2.46. The number of amides is 1. The molecule has 1 aromatic heterocycles. The van der Waals surface area contributed by atoms with Gasteiger partial charge in [0.05, 0.1) is 6.57 Å². The number of fused-ring (bicyclic) bond motifs is 1. The van der Waals surface area contributed by atoms with Crippen LogP contribution >= 0.6 is 0 Å². The maximum Gasteiger partial charge on any atom is 0.315 e. The Labute approximate surface area is 175 Å². The summed E-state index contributed by atoms with van der Waals surface area (Å²) in [5, 5.41) is 10.4. The Morgan fingerprint density at radius 2 is 1.83 bits per heavy atom. The van der Waals surface area contributed by atoms with Crippen molar-refractivity contribution < 1.29 is 9.90 Å². The molecule has 1 N–H and O–H groups in total. The summed E-state index contributed by atoms with van der Waals surface area (Å²) in [5.41, 5.74) is 0.862. The summed E-state index contributed by atoms with van der Waals surface area (Å²) in [4.78, 5) is 34.8. The molecule has 1 amide bonds. The first-order valence-electron chi connectivity index (χ1n) is 10.5. The Morgan fingerprint density at radius 1 is 1.17 bits per heavy atom. The molecule has 0 unspecified atom stereocenters. The number of nitrogens with zero attached hydrogens (tertiary/aromatic N) is 4. The predicted octanol–water partition coefficient (Wildman–Crippen LogP) is 3.42. The van der Waals surface area contributed by atoms with Gasteiger partial charge in [-0.3, -0.25) is 9.59 Å². The molecule has 1 fully saturated rings. The van der Waals surface area contributed by atoms with Gasteiger partial charge in [-0.25, -0.2) is 4.85 Å².